The van der Waals surface area contributed by atoms with Crippen LogP contribution in [0.1, 0.15) is 22.8 Å². The third-order valence-corrected chi connectivity index (χ3v) is 4.35. The zero-order valence-corrected chi connectivity index (χ0v) is 12.1. The number of carbonyl (C=O) groups excluding carboxylic acids is 1. The van der Waals surface area contributed by atoms with E-state index in [0.29, 0.717) is 6.42 Å². The molecule has 0 spiro atoms. The average Bonchev–Trinajstić information content (AvgIpc) is 2.97. The Balaban J connectivity index is 2.16. The van der Waals surface area contributed by atoms with E-state index in [2.05, 4.69) is 11.0 Å². The van der Waals surface area contributed by atoms with Crippen molar-refractivity contribution in [1.82, 2.24) is 0 Å². The van der Waals surface area contributed by atoms with Crippen molar-refractivity contribution in [3.05, 3.63) is 52.2 Å². The van der Waals surface area contributed by atoms with Gasteiger partial charge in [-0.05, 0) is 29.1 Å². The Hall–Kier alpha value is -1.14. The van der Waals surface area contributed by atoms with Crippen LogP contribution in [-0.4, -0.2) is 13.4 Å². The lowest BCUT2D eigenvalue weighted by Crippen LogP contribution is -1.99. The predicted molar refractivity (Wildman–Crippen MR) is 77.2 cm³/mol. The molecule has 2 aromatic rings. The van der Waals surface area contributed by atoms with E-state index in [1.54, 1.807) is 11.3 Å². The minimum Gasteiger partial charge on any atom is -0.303 e. The maximum Gasteiger partial charge on any atom is 0.120 e. The molecule has 0 saturated carbocycles. The van der Waals surface area contributed by atoms with Crippen molar-refractivity contribution in [2.45, 2.75) is 17.2 Å². The van der Waals surface area contributed by atoms with Crippen LogP contribution in [0.5, 0.6) is 0 Å². The van der Waals surface area contributed by atoms with Crippen LogP contribution >= 0.6 is 23.4 Å². The number of benzene rings is 1. The van der Waals surface area contributed by atoms with Crippen LogP contribution in [0.4, 0.5) is 0 Å². The molecule has 3 nitrogen and oxygen atoms in total. The molecule has 0 fully saturated rings. The van der Waals surface area contributed by atoms with Crippen LogP contribution in [0.15, 0.2) is 46.7 Å². The van der Waals surface area contributed by atoms with Gasteiger partial charge in [-0.15, -0.1) is 11.3 Å². The second-order valence-corrected chi connectivity index (χ2v) is 5.61. The van der Waals surface area contributed by atoms with Gasteiger partial charge in [0.1, 0.15) is 6.29 Å². The Labute approximate surface area is 120 Å². The fourth-order valence-corrected chi connectivity index (χ4v) is 3.09. The van der Waals surface area contributed by atoms with Gasteiger partial charge in [-0.25, -0.2) is 4.89 Å². The second kappa shape index (κ2) is 7.45. The Morgan fingerprint density at radius 2 is 2.11 bits per heavy atom. The van der Waals surface area contributed by atoms with Gasteiger partial charge in [0.15, 0.2) is 0 Å². The summed E-state index contributed by atoms with van der Waals surface area (Å²) >= 11 is 2.84. The van der Waals surface area contributed by atoms with Crippen molar-refractivity contribution in [3.8, 4) is 0 Å². The first-order chi connectivity index (χ1) is 9.35. The highest BCUT2D eigenvalue weighted by Crippen LogP contribution is 2.31. The van der Waals surface area contributed by atoms with Gasteiger partial charge in [0.05, 0.1) is 19.2 Å². The molecule has 0 aliphatic rings. The Kier molecular flexibility index (Phi) is 5.60. The molecule has 0 aliphatic carbocycles. The summed E-state index contributed by atoms with van der Waals surface area (Å²) in [5.41, 5.74) is 1.14. The minimum atomic E-state index is 0.139. The molecule has 0 radical (unpaired) electrons. The number of hydrogen-bond donors (Lipinski definition) is 0. The second-order valence-electron chi connectivity index (χ2n) is 3.86. The molecular weight excluding hydrogens is 280 g/mol. The summed E-state index contributed by atoms with van der Waals surface area (Å²) in [5.74, 6) is 0.139. The molecule has 0 aliphatic heterocycles. The van der Waals surface area contributed by atoms with E-state index >= 15 is 0 Å². The standard InChI is InChI=1S/C14H14O3S2/c1-16-17-19-12-6-4-11(5-7-12)13(8-9-15)14-3-2-10-18-14/h2-7,9-10,13H,8H2,1H3/t13-/m1/s1. The summed E-state index contributed by atoms with van der Waals surface area (Å²) in [6.45, 7) is 0. The van der Waals surface area contributed by atoms with Crippen LogP contribution in [0.25, 0.3) is 0 Å². The molecule has 5 heteroatoms. The van der Waals surface area contributed by atoms with Crippen molar-refractivity contribution in [2.24, 2.45) is 0 Å². The lowest BCUT2D eigenvalue weighted by Gasteiger charge is -2.13. The first-order valence-corrected chi connectivity index (χ1v) is 7.41. The van der Waals surface area contributed by atoms with E-state index in [1.807, 2.05) is 35.7 Å². The largest absolute Gasteiger partial charge is 0.303 e. The molecular formula is C14H14O3S2. The van der Waals surface area contributed by atoms with Crippen molar-refractivity contribution in [3.63, 3.8) is 0 Å². The topological polar surface area (TPSA) is 35.5 Å². The zero-order chi connectivity index (χ0) is 13.5. The van der Waals surface area contributed by atoms with E-state index in [-0.39, 0.29) is 5.92 Å². The number of hydrogen-bond acceptors (Lipinski definition) is 5. The van der Waals surface area contributed by atoms with E-state index < -0.39 is 0 Å². The van der Waals surface area contributed by atoms with E-state index in [0.717, 1.165) is 28.8 Å². The summed E-state index contributed by atoms with van der Waals surface area (Å²) in [7, 11) is 1.47. The highest BCUT2D eigenvalue weighted by molar-refractivity contribution is 7.94. The van der Waals surface area contributed by atoms with Crippen molar-refractivity contribution < 1.29 is 14.0 Å². The molecule has 1 heterocycles. The van der Waals surface area contributed by atoms with E-state index in [9.17, 15) is 4.79 Å². The van der Waals surface area contributed by atoms with Gasteiger partial charge in [0.2, 0.25) is 0 Å². The summed E-state index contributed by atoms with van der Waals surface area (Å²) in [5, 5.41) is 2.03. The highest BCUT2D eigenvalue weighted by Gasteiger charge is 2.14. The Morgan fingerprint density at radius 3 is 2.68 bits per heavy atom. The van der Waals surface area contributed by atoms with Gasteiger partial charge < -0.3 is 4.79 Å². The molecule has 1 atom stereocenters. The zero-order valence-electron chi connectivity index (χ0n) is 10.4. The normalized spacial score (nSPS) is 12.3. The SMILES string of the molecule is COOSc1ccc([C@@H](CC=O)c2cccs2)cc1. The maximum atomic E-state index is 10.9. The lowest BCUT2D eigenvalue weighted by atomic mass is 9.95. The number of rotatable bonds is 7. The number of carbonyl (C=O) groups is 1. The van der Waals surface area contributed by atoms with Gasteiger partial charge in [0, 0.05) is 22.1 Å². The van der Waals surface area contributed by atoms with E-state index in [4.69, 9.17) is 4.33 Å². The molecule has 0 bridgehead atoms. The average molecular weight is 294 g/mol. The van der Waals surface area contributed by atoms with Gasteiger partial charge in [-0.1, -0.05) is 18.2 Å². The molecule has 1 aromatic heterocycles. The van der Waals surface area contributed by atoms with Crippen molar-refractivity contribution in [1.29, 1.82) is 0 Å². The number of thiophene rings is 1. The molecule has 100 valence electrons. The Bertz CT molecular complexity index is 494. The highest BCUT2D eigenvalue weighted by atomic mass is 32.2. The molecule has 1 aromatic carbocycles. The fourth-order valence-electron chi connectivity index (χ4n) is 1.83. The molecule has 0 unspecified atom stereocenters. The first-order valence-electron chi connectivity index (χ1n) is 5.79. The lowest BCUT2D eigenvalue weighted by molar-refractivity contribution is -0.160. The van der Waals surface area contributed by atoms with Crippen LogP contribution in [0.3, 0.4) is 0 Å². The van der Waals surface area contributed by atoms with Crippen LogP contribution in [-0.2, 0) is 14.0 Å². The molecule has 0 N–H and O–H groups in total. The molecule has 2 rings (SSSR count). The fraction of sp³-hybridized carbons (Fsp3) is 0.214. The van der Waals surface area contributed by atoms with Crippen LogP contribution < -0.4 is 0 Å². The summed E-state index contributed by atoms with van der Waals surface area (Å²) < 4.78 is 4.80. The first kappa shape index (κ1) is 14.3. The molecule has 0 amide bonds. The molecule has 0 saturated heterocycles. The minimum absolute atomic E-state index is 0.139. The monoisotopic (exact) mass is 294 g/mol. The van der Waals surface area contributed by atoms with E-state index in [1.165, 1.54) is 12.0 Å². The molecule has 19 heavy (non-hydrogen) atoms. The van der Waals surface area contributed by atoms with Gasteiger partial charge in [0.25, 0.3) is 0 Å². The van der Waals surface area contributed by atoms with Crippen LogP contribution in [0, 0.1) is 0 Å². The number of aldehydes is 1. The third kappa shape index (κ3) is 3.91. The quantitative estimate of drug-likeness (QED) is 0.334. The van der Waals surface area contributed by atoms with Gasteiger partial charge in [-0.2, -0.15) is 4.33 Å². The summed E-state index contributed by atoms with van der Waals surface area (Å²) in [6, 6.07) is 12.0. The third-order valence-electron chi connectivity index (χ3n) is 2.70. The summed E-state index contributed by atoms with van der Waals surface area (Å²) in [4.78, 5) is 17.6. The van der Waals surface area contributed by atoms with Gasteiger partial charge >= 0.3 is 0 Å². The van der Waals surface area contributed by atoms with Crippen molar-refractivity contribution >= 4 is 29.7 Å². The Morgan fingerprint density at radius 1 is 1.32 bits per heavy atom. The van der Waals surface area contributed by atoms with Crippen molar-refractivity contribution in [2.75, 3.05) is 7.11 Å². The predicted octanol–water partition coefficient (Wildman–Crippen LogP) is 4.05. The maximum absolute atomic E-state index is 10.9. The summed E-state index contributed by atoms with van der Waals surface area (Å²) in [6.07, 6.45) is 1.47. The smallest absolute Gasteiger partial charge is 0.120 e. The van der Waals surface area contributed by atoms with Gasteiger partial charge in [-0.3, -0.25) is 0 Å². The van der Waals surface area contributed by atoms with Crippen LogP contribution in [0.2, 0.25) is 0 Å².